The van der Waals surface area contributed by atoms with Crippen LogP contribution in [0.5, 0.6) is 0 Å². The number of halogens is 1. The van der Waals surface area contributed by atoms with Crippen LogP contribution in [0.1, 0.15) is 29.3 Å². The number of hydrogen-bond acceptors (Lipinski definition) is 3. The first kappa shape index (κ1) is 22.6. The molecule has 3 aromatic rings. The summed E-state index contributed by atoms with van der Waals surface area (Å²) in [4.78, 5) is 34.1. The van der Waals surface area contributed by atoms with Crippen molar-refractivity contribution in [1.82, 2.24) is 14.8 Å². The zero-order chi connectivity index (χ0) is 23.2. The first-order chi connectivity index (χ1) is 16.0. The van der Waals surface area contributed by atoms with Crippen molar-refractivity contribution in [1.29, 1.82) is 0 Å². The van der Waals surface area contributed by atoms with Gasteiger partial charge >= 0.3 is 0 Å². The van der Waals surface area contributed by atoms with Crippen LogP contribution in [0.3, 0.4) is 0 Å². The van der Waals surface area contributed by atoms with E-state index in [0.29, 0.717) is 38.2 Å². The minimum atomic E-state index is -0.441. The smallest absolute Gasteiger partial charge is 0.254 e. The van der Waals surface area contributed by atoms with E-state index in [1.807, 2.05) is 42.2 Å². The Hall–Kier alpha value is -3.54. The normalized spacial score (nSPS) is 16.5. The third-order valence-corrected chi connectivity index (χ3v) is 6.02. The van der Waals surface area contributed by atoms with E-state index < -0.39 is 5.82 Å². The molecular weight excluding hydrogens is 417 g/mol. The van der Waals surface area contributed by atoms with Gasteiger partial charge in [0, 0.05) is 44.1 Å². The molecule has 1 aliphatic heterocycles. The Morgan fingerprint density at radius 2 is 1.82 bits per heavy atom. The predicted molar refractivity (Wildman–Crippen MR) is 126 cm³/mol. The quantitative estimate of drug-likeness (QED) is 0.564. The Kier molecular flexibility index (Phi) is 7.13. The number of aromatic nitrogens is 1. The van der Waals surface area contributed by atoms with Crippen LogP contribution >= 0.6 is 0 Å². The maximum atomic E-state index is 13.7. The number of rotatable bonds is 6. The van der Waals surface area contributed by atoms with Crippen LogP contribution in [-0.2, 0) is 11.2 Å². The summed E-state index contributed by atoms with van der Waals surface area (Å²) in [5, 5.41) is 0. The molecule has 0 spiro atoms. The number of benzene rings is 2. The van der Waals surface area contributed by atoms with Crippen LogP contribution in [0, 0.1) is 11.7 Å². The Morgan fingerprint density at radius 1 is 1.03 bits per heavy atom. The van der Waals surface area contributed by atoms with Gasteiger partial charge in [0.05, 0.1) is 5.92 Å². The van der Waals surface area contributed by atoms with Gasteiger partial charge in [0.2, 0.25) is 5.91 Å². The Labute approximate surface area is 193 Å². The summed E-state index contributed by atoms with van der Waals surface area (Å²) in [7, 11) is 0. The lowest BCUT2D eigenvalue weighted by atomic mass is 9.95. The molecule has 0 bridgehead atoms. The van der Waals surface area contributed by atoms with E-state index in [1.54, 1.807) is 23.4 Å². The van der Waals surface area contributed by atoms with Crippen molar-refractivity contribution in [3.8, 4) is 11.1 Å². The number of carbonyl (C=O) groups is 2. The topological polar surface area (TPSA) is 53.5 Å². The van der Waals surface area contributed by atoms with Gasteiger partial charge in [-0.2, -0.15) is 0 Å². The molecule has 2 heterocycles. The molecule has 4 rings (SSSR count). The van der Waals surface area contributed by atoms with Gasteiger partial charge < -0.3 is 9.80 Å². The maximum Gasteiger partial charge on any atom is 0.254 e. The van der Waals surface area contributed by atoms with Gasteiger partial charge in [-0.3, -0.25) is 14.6 Å². The Balaban J connectivity index is 1.59. The van der Waals surface area contributed by atoms with Crippen molar-refractivity contribution in [2.24, 2.45) is 5.92 Å². The standard InChI is InChI=1S/C27H28FN3O2/c1-2-13-30-14-15-31(26(32)23-7-4-8-25(28)18-23)19-24(27(30)33)17-20-5-3-6-22(16-20)21-9-11-29-12-10-21/h3-12,16,18,24H,2,13-15,17,19H2,1H3. The monoisotopic (exact) mass is 445 g/mol. The molecule has 5 nitrogen and oxygen atoms in total. The van der Waals surface area contributed by atoms with Crippen LogP contribution in [0.15, 0.2) is 73.1 Å². The van der Waals surface area contributed by atoms with E-state index in [2.05, 4.69) is 11.1 Å². The molecule has 1 unspecified atom stereocenters. The molecule has 1 aliphatic rings. The van der Waals surface area contributed by atoms with Gasteiger partial charge in [-0.05, 0) is 59.9 Å². The van der Waals surface area contributed by atoms with Gasteiger partial charge in [0.1, 0.15) is 5.82 Å². The number of carbonyl (C=O) groups excluding carboxylic acids is 2. The van der Waals surface area contributed by atoms with Crippen LogP contribution in [-0.4, -0.2) is 52.8 Å². The fraction of sp³-hybridized carbons (Fsp3) is 0.296. The molecule has 2 aromatic carbocycles. The highest BCUT2D eigenvalue weighted by molar-refractivity contribution is 5.95. The number of hydrogen-bond donors (Lipinski definition) is 0. The third kappa shape index (κ3) is 5.45. The molecule has 33 heavy (non-hydrogen) atoms. The van der Waals surface area contributed by atoms with E-state index >= 15 is 0 Å². The van der Waals surface area contributed by atoms with Crippen molar-refractivity contribution >= 4 is 11.8 Å². The number of nitrogens with zero attached hydrogens (tertiary/aromatic N) is 3. The van der Waals surface area contributed by atoms with Crippen LogP contribution in [0.25, 0.3) is 11.1 Å². The SMILES string of the molecule is CCCN1CCN(C(=O)c2cccc(F)c2)CC(Cc2cccc(-c3ccncc3)c2)C1=O. The molecule has 0 saturated carbocycles. The van der Waals surface area contributed by atoms with Crippen LogP contribution in [0.4, 0.5) is 4.39 Å². The first-order valence-electron chi connectivity index (χ1n) is 11.4. The van der Waals surface area contributed by atoms with E-state index in [9.17, 15) is 14.0 Å². The third-order valence-electron chi connectivity index (χ3n) is 6.02. The molecule has 170 valence electrons. The summed E-state index contributed by atoms with van der Waals surface area (Å²) in [5.74, 6) is -0.968. The first-order valence-corrected chi connectivity index (χ1v) is 11.4. The molecular formula is C27H28FN3O2. The Morgan fingerprint density at radius 3 is 2.58 bits per heavy atom. The van der Waals surface area contributed by atoms with Crippen molar-refractivity contribution in [2.75, 3.05) is 26.2 Å². The minimum Gasteiger partial charge on any atom is -0.341 e. The second kappa shape index (κ2) is 10.4. The van der Waals surface area contributed by atoms with Crippen molar-refractivity contribution < 1.29 is 14.0 Å². The Bertz CT molecular complexity index is 1120. The fourth-order valence-corrected chi connectivity index (χ4v) is 4.38. The molecule has 2 amide bonds. The highest BCUT2D eigenvalue weighted by Gasteiger charge is 2.32. The van der Waals surface area contributed by atoms with Crippen molar-refractivity contribution in [3.63, 3.8) is 0 Å². The summed E-state index contributed by atoms with van der Waals surface area (Å²) in [6.07, 6.45) is 4.91. The zero-order valence-electron chi connectivity index (χ0n) is 18.8. The maximum absolute atomic E-state index is 13.7. The van der Waals surface area contributed by atoms with Gasteiger partial charge in [-0.15, -0.1) is 0 Å². The summed E-state index contributed by atoms with van der Waals surface area (Å²) in [5.41, 5.74) is 3.48. The fourth-order valence-electron chi connectivity index (χ4n) is 4.38. The summed E-state index contributed by atoms with van der Waals surface area (Å²) in [6, 6.07) is 17.8. The lowest BCUT2D eigenvalue weighted by Crippen LogP contribution is -2.38. The second-order valence-corrected chi connectivity index (χ2v) is 8.42. The zero-order valence-corrected chi connectivity index (χ0v) is 18.8. The van der Waals surface area contributed by atoms with Crippen LogP contribution in [0.2, 0.25) is 0 Å². The van der Waals surface area contributed by atoms with E-state index in [0.717, 1.165) is 23.1 Å². The lowest BCUT2D eigenvalue weighted by molar-refractivity contribution is -0.134. The predicted octanol–water partition coefficient (Wildman–Crippen LogP) is 4.44. The summed E-state index contributed by atoms with van der Waals surface area (Å²) in [6.45, 7) is 3.94. The lowest BCUT2D eigenvalue weighted by Gasteiger charge is -2.24. The molecule has 1 saturated heterocycles. The summed E-state index contributed by atoms with van der Waals surface area (Å²) < 4.78 is 13.7. The minimum absolute atomic E-state index is 0.0701. The molecule has 0 radical (unpaired) electrons. The number of pyridine rings is 1. The highest BCUT2D eigenvalue weighted by Crippen LogP contribution is 2.24. The molecule has 0 aliphatic carbocycles. The van der Waals surface area contributed by atoms with Crippen molar-refractivity contribution in [2.45, 2.75) is 19.8 Å². The largest absolute Gasteiger partial charge is 0.341 e. The van der Waals surface area contributed by atoms with Gasteiger partial charge in [0.15, 0.2) is 0 Å². The molecule has 6 heteroatoms. The van der Waals surface area contributed by atoms with E-state index in [1.165, 1.54) is 18.2 Å². The van der Waals surface area contributed by atoms with Crippen molar-refractivity contribution in [3.05, 3.63) is 90.0 Å². The van der Waals surface area contributed by atoms with Gasteiger partial charge in [-0.25, -0.2) is 4.39 Å². The summed E-state index contributed by atoms with van der Waals surface area (Å²) >= 11 is 0. The van der Waals surface area contributed by atoms with Gasteiger partial charge in [0.25, 0.3) is 5.91 Å². The molecule has 0 N–H and O–H groups in total. The highest BCUT2D eigenvalue weighted by atomic mass is 19.1. The van der Waals surface area contributed by atoms with Gasteiger partial charge in [-0.1, -0.05) is 37.3 Å². The number of amides is 2. The molecule has 1 atom stereocenters. The molecule has 1 fully saturated rings. The average Bonchev–Trinajstić information content (AvgIpc) is 2.99. The average molecular weight is 446 g/mol. The van der Waals surface area contributed by atoms with E-state index in [4.69, 9.17) is 0 Å². The molecule has 1 aromatic heterocycles. The van der Waals surface area contributed by atoms with E-state index in [-0.39, 0.29) is 17.7 Å². The second-order valence-electron chi connectivity index (χ2n) is 8.42. The van der Waals surface area contributed by atoms with Crippen LogP contribution < -0.4 is 0 Å².